The van der Waals surface area contributed by atoms with Crippen molar-refractivity contribution in [2.75, 3.05) is 5.32 Å². The lowest BCUT2D eigenvalue weighted by molar-refractivity contribution is 0.102. The minimum Gasteiger partial charge on any atom is -0.322 e. The molecule has 0 bridgehead atoms. The summed E-state index contributed by atoms with van der Waals surface area (Å²) in [6.07, 6.45) is 3.70. The van der Waals surface area contributed by atoms with Crippen LogP contribution in [0.2, 0.25) is 0 Å². The van der Waals surface area contributed by atoms with Gasteiger partial charge in [0.2, 0.25) is 0 Å². The number of rotatable bonds is 4. The Morgan fingerprint density at radius 1 is 1.07 bits per heavy atom. The van der Waals surface area contributed by atoms with Gasteiger partial charge in [0, 0.05) is 29.1 Å². The molecule has 4 aromatic rings. The molecular formula is C21H17N5O2. The summed E-state index contributed by atoms with van der Waals surface area (Å²) in [7, 11) is 0. The highest BCUT2D eigenvalue weighted by Gasteiger charge is 2.08. The number of hydrogen-bond donors (Lipinski definition) is 2. The van der Waals surface area contributed by atoms with Gasteiger partial charge >= 0.3 is 0 Å². The number of aromatic nitrogens is 4. The van der Waals surface area contributed by atoms with E-state index >= 15 is 0 Å². The summed E-state index contributed by atoms with van der Waals surface area (Å²) in [6.45, 7) is 1.97. The predicted octanol–water partition coefficient (Wildman–Crippen LogP) is 3.18. The molecule has 2 N–H and O–H groups in total. The number of nitrogens with zero attached hydrogens (tertiary/aromatic N) is 3. The van der Waals surface area contributed by atoms with E-state index < -0.39 is 0 Å². The lowest BCUT2D eigenvalue weighted by Gasteiger charge is -2.08. The van der Waals surface area contributed by atoms with Crippen LogP contribution in [0.1, 0.15) is 15.9 Å². The van der Waals surface area contributed by atoms with Crippen molar-refractivity contribution < 1.29 is 4.79 Å². The molecule has 0 saturated heterocycles. The van der Waals surface area contributed by atoms with E-state index in [4.69, 9.17) is 0 Å². The molecule has 2 heterocycles. The molecule has 0 radical (unpaired) electrons. The Hall–Kier alpha value is -4.00. The number of aryl methyl sites for hydroxylation is 1. The van der Waals surface area contributed by atoms with E-state index in [-0.39, 0.29) is 11.5 Å². The van der Waals surface area contributed by atoms with E-state index in [1.54, 1.807) is 41.2 Å². The van der Waals surface area contributed by atoms with Crippen LogP contribution in [0.3, 0.4) is 0 Å². The zero-order valence-electron chi connectivity index (χ0n) is 15.1. The summed E-state index contributed by atoms with van der Waals surface area (Å²) in [5.41, 5.74) is 4.28. The zero-order valence-corrected chi connectivity index (χ0v) is 15.1. The van der Waals surface area contributed by atoms with Crippen LogP contribution in [0.4, 0.5) is 5.69 Å². The minimum absolute atomic E-state index is 0.213. The molecule has 138 valence electrons. The normalized spacial score (nSPS) is 10.6. The summed E-state index contributed by atoms with van der Waals surface area (Å²) in [6, 6.07) is 17.5. The van der Waals surface area contributed by atoms with Crippen LogP contribution in [0.15, 0.2) is 77.9 Å². The molecular weight excluding hydrogens is 354 g/mol. The van der Waals surface area contributed by atoms with Crippen molar-refractivity contribution in [1.82, 2.24) is 20.0 Å². The Morgan fingerprint density at radius 2 is 1.89 bits per heavy atom. The van der Waals surface area contributed by atoms with Crippen LogP contribution >= 0.6 is 0 Å². The molecule has 28 heavy (non-hydrogen) atoms. The molecule has 0 aliphatic carbocycles. The molecule has 0 unspecified atom stereocenters. The maximum absolute atomic E-state index is 12.6. The second-order valence-electron chi connectivity index (χ2n) is 6.35. The van der Waals surface area contributed by atoms with Gasteiger partial charge in [0.15, 0.2) is 0 Å². The van der Waals surface area contributed by atoms with E-state index in [0.717, 1.165) is 16.8 Å². The first kappa shape index (κ1) is 17.4. The van der Waals surface area contributed by atoms with Gasteiger partial charge < -0.3 is 5.32 Å². The molecule has 0 aliphatic rings. The summed E-state index contributed by atoms with van der Waals surface area (Å²) in [5, 5.41) is 13.6. The van der Waals surface area contributed by atoms with Crippen LogP contribution in [-0.2, 0) is 0 Å². The van der Waals surface area contributed by atoms with Gasteiger partial charge in [-0.05, 0) is 55.0 Å². The number of nitrogens with one attached hydrogen (secondary N) is 2. The maximum Gasteiger partial charge on any atom is 0.264 e. The van der Waals surface area contributed by atoms with Crippen molar-refractivity contribution in [1.29, 1.82) is 0 Å². The van der Waals surface area contributed by atoms with Gasteiger partial charge in [-0.3, -0.25) is 9.59 Å². The second-order valence-corrected chi connectivity index (χ2v) is 6.35. The average Bonchev–Trinajstić information content (AvgIpc) is 3.15. The van der Waals surface area contributed by atoms with Gasteiger partial charge in [-0.1, -0.05) is 12.1 Å². The fraction of sp³-hybridized carbons (Fsp3) is 0.0476. The average molecular weight is 371 g/mol. The molecule has 0 saturated carbocycles. The number of amides is 1. The summed E-state index contributed by atoms with van der Waals surface area (Å²) >= 11 is 0. The van der Waals surface area contributed by atoms with Crippen molar-refractivity contribution in [3.05, 3.63) is 94.5 Å². The third kappa shape index (κ3) is 3.73. The number of anilines is 1. The second kappa shape index (κ2) is 7.32. The van der Waals surface area contributed by atoms with Crippen molar-refractivity contribution >= 4 is 11.6 Å². The van der Waals surface area contributed by atoms with Crippen LogP contribution in [0.25, 0.3) is 16.9 Å². The van der Waals surface area contributed by atoms with Gasteiger partial charge in [-0.15, -0.1) is 0 Å². The SMILES string of the molecule is Cc1cnn(-c2ccc(C(=O)Nc3cccc(-c4ccc(=O)[nH]n4)c3)cc2)c1. The van der Waals surface area contributed by atoms with Crippen LogP contribution in [0.5, 0.6) is 0 Å². The highest BCUT2D eigenvalue weighted by Crippen LogP contribution is 2.20. The molecule has 0 fully saturated rings. The Kier molecular flexibility index (Phi) is 4.55. The zero-order chi connectivity index (χ0) is 19.5. The van der Waals surface area contributed by atoms with Gasteiger partial charge in [0.05, 0.1) is 17.6 Å². The highest BCUT2D eigenvalue weighted by molar-refractivity contribution is 6.04. The maximum atomic E-state index is 12.6. The molecule has 1 amide bonds. The molecule has 4 rings (SSSR count). The predicted molar refractivity (Wildman–Crippen MR) is 107 cm³/mol. The fourth-order valence-corrected chi connectivity index (χ4v) is 2.78. The topological polar surface area (TPSA) is 92.7 Å². The van der Waals surface area contributed by atoms with E-state index in [0.29, 0.717) is 16.9 Å². The molecule has 2 aromatic carbocycles. The van der Waals surface area contributed by atoms with Crippen molar-refractivity contribution in [2.45, 2.75) is 6.92 Å². The standard InChI is InChI=1S/C21H17N5O2/c1-14-12-22-26(13-14)18-7-5-15(6-8-18)21(28)23-17-4-2-3-16(11-17)19-9-10-20(27)25-24-19/h2-13H,1H3,(H,23,28)(H,25,27). The van der Waals surface area contributed by atoms with Crippen molar-refractivity contribution in [3.8, 4) is 16.9 Å². The minimum atomic E-state index is -0.262. The number of hydrogen-bond acceptors (Lipinski definition) is 4. The van der Waals surface area contributed by atoms with E-state index in [2.05, 4.69) is 20.6 Å². The lowest BCUT2D eigenvalue weighted by atomic mass is 10.1. The number of carbonyl (C=O) groups excluding carboxylic acids is 1. The Balaban J connectivity index is 1.51. The number of aromatic amines is 1. The first-order chi connectivity index (χ1) is 13.6. The number of carbonyl (C=O) groups is 1. The number of H-pyrrole nitrogens is 1. The van der Waals surface area contributed by atoms with Gasteiger partial charge in [-0.2, -0.15) is 10.2 Å². The first-order valence-corrected chi connectivity index (χ1v) is 8.68. The smallest absolute Gasteiger partial charge is 0.264 e. The van der Waals surface area contributed by atoms with Crippen molar-refractivity contribution in [2.24, 2.45) is 0 Å². The lowest BCUT2D eigenvalue weighted by Crippen LogP contribution is -2.12. The van der Waals surface area contributed by atoms with Gasteiger partial charge in [0.25, 0.3) is 11.5 Å². The van der Waals surface area contributed by atoms with E-state index in [1.165, 1.54) is 6.07 Å². The number of benzene rings is 2. The molecule has 0 aliphatic heterocycles. The van der Waals surface area contributed by atoms with Crippen LogP contribution in [0, 0.1) is 6.92 Å². The Labute approximate surface area is 160 Å². The Bertz CT molecular complexity index is 1170. The van der Waals surface area contributed by atoms with Gasteiger partial charge in [-0.25, -0.2) is 9.78 Å². The Morgan fingerprint density at radius 3 is 2.57 bits per heavy atom. The van der Waals surface area contributed by atoms with Crippen LogP contribution < -0.4 is 10.9 Å². The highest BCUT2D eigenvalue weighted by atomic mass is 16.1. The largest absolute Gasteiger partial charge is 0.322 e. The third-order valence-electron chi connectivity index (χ3n) is 4.20. The van der Waals surface area contributed by atoms with Gasteiger partial charge in [0.1, 0.15) is 0 Å². The fourth-order valence-electron chi connectivity index (χ4n) is 2.78. The quantitative estimate of drug-likeness (QED) is 0.576. The van der Waals surface area contributed by atoms with E-state index in [1.807, 2.05) is 37.4 Å². The van der Waals surface area contributed by atoms with Crippen molar-refractivity contribution in [3.63, 3.8) is 0 Å². The monoisotopic (exact) mass is 371 g/mol. The van der Waals surface area contributed by atoms with E-state index in [9.17, 15) is 9.59 Å². The molecule has 0 spiro atoms. The summed E-state index contributed by atoms with van der Waals surface area (Å²) < 4.78 is 1.76. The summed E-state index contributed by atoms with van der Waals surface area (Å²) in [5.74, 6) is -0.213. The molecule has 2 aromatic heterocycles. The molecule has 7 heteroatoms. The van der Waals surface area contributed by atoms with Crippen LogP contribution in [-0.4, -0.2) is 25.9 Å². The molecule has 0 atom stereocenters. The molecule has 7 nitrogen and oxygen atoms in total. The summed E-state index contributed by atoms with van der Waals surface area (Å²) in [4.78, 5) is 23.7. The first-order valence-electron chi connectivity index (χ1n) is 8.68. The third-order valence-corrected chi connectivity index (χ3v) is 4.20.